The lowest BCUT2D eigenvalue weighted by atomic mass is 10.1. The fraction of sp³-hybridized carbons (Fsp3) is 0.222. The van der Waals surface area contributed by atoms with E-state index in [9.17, 15) is 0 Å². The van der Waals surface area contributed by atoms with Gasteiger partial charge in [0.1, 0.15) is 17.1 Å². The van der Waals surface area contributed by atoms with Crippen LogP contribution in [0.1, 0.15) is 16.8 Å². The van der Waals surface area contributed by atoms with Crippen LogP contribution in [0.5, 0.6) is 5.75 Å². The molecular formula is C18H20N4O. The second-order valence-electron chi connectivity index (χ2n) is 5.54. The second-order valence-corrected chi connectivity index (χ2v) is 5.54. The van der Waals surface area contributed by atoms with Crippen LogP contribution >= 0.6 is 0 Å². The number of rotatable bonds is 4. The van der Waals surface area contributed by atoms with Gasteiger partial charge < -0.3 is 10.5 Å². The normalized spacial score (nSPS) is 10.8. The van der Waals surface area contributed by atoms with E-state index in [1.54, 1.807) is 11.8 Å². The number of nitrogens with zero attached hydrogens (tertiary/aromatic N) is 3. The van der Waals surface area contributed by atoms with Crippen molar-refractivity contribution in [3.8, 4) is 22.7 Å². The van der Waals surface area contributed by atoms with Crippen molar-refractivity contribution in [2.24, 2.45) is 5.73 Å². The van der Waals surface area contributed by atoms with Gasteiger partial charge in [-0.25, -0.2) is 4.68 Å². The number of aromatic nitrogens is 3. The zero-order chi connectivity index (χ0) is 16.4. The summed E-state index contributed by atoms with van der Waals surface area (Å²) >= 11 is 0. The third-order valence-corrected chi connectivity index (χ3v) is 3.82. The number of hydrogen-bond acceptors (Lipinski definition) is 4. The number of ether oxygens (including phenoxy) is 1. The maximum Gasteiger partial charge on any atom is 0.144 e. The molecule has 2 aromatic carbocycles. The Balaban J connectivity index is 2.24. The third kappa shape index (κ3) is 2.83. The van der Waals surface area contributed by atoms with E-state index in [-0.39, 0.29) is 0 Å². The first kappa shape index (κ1) is 15.2. The van der Waals surface area contributed by atoms with Crippen LogP contribution in [0.25, 0.3) is 16.9 Å². The van der Waals surface area contributed by atoms with E-state index in [4.69, 9.17) is 10.5 Å². The van der Waals surface area contributed by atoms with Crippen LogP contribution in [0.2, 0.25) is 0 Å². The summed E-state index contributed by atoms with van der Waals surface area (Å²) < 4.78 is 7.29. The minimum atomic E-state index is 0.331. The Bertz CT molecular complexity index is 822. The summed E-state index contributed by atoms with van der Waals surface area (Å²) in [7, 11) is 1.65. The zero-order valence-electron chi connectivity index (χ0n) is 13.6. The van der Waals surface area contributed by atoms with E-state index in [1.807, 2.05) is 25.1 Å². The van der Waals surface area contributed by atoms with E-state index in [2.05, 4.69) is 41.5 Å². The number of methoxy groups -OCH3 is 1. The highest BCUT2D eigenvalue weighted by Crippen LogP contribution is 2.30. The Hall–Kier alpha value is -2.66. The number of nitrogens with two attached hydrogens (primary N) is 1. The Labute approximate surface area is 135 Å². The fourth-order valence-corrected chi connectivity index (χ4v) is 2.59. The average Bonchev–Trinajstić information content (AvgIpc) is 2.99. The molecule has 0 amide bonds. The number of aryl methyl sites for hydroxylation is 2. The molecule has 0 spiro atoms. The van der Waals surface area contributed by atoms with Crippen molar-refractivity contribution in [2.75, 3.05) is 7.11 Å². The molecule has 5 nitrogen and oxygen atoms in total. The molecule has 23 heavy (non-hydrogen) atoms. The fourth-order valence-electron chi connectivity index (χ4n) is 2.59. The van der Waals surface area contributed by atoms with Gasteiger partial charge in [-0.15, -0.1) is 5.10 Å². The van der Waals surface area contributed by atoms with Gasteiger partial charge in [0, 0.05) is 12.1 Å². The van der Waals surface area contributed by atoms with Crippen molar-refractivity contribution in [2.45, 2.75) is 20.4 Å². The standard InChI is InChI=1S/C18H20N4O/c1-12-4-7-14(8-5-12)18-15(11-19)20-21-22(18)16-10-13(2)6-9-17(16)23-3/h4-10H,11,19H2,1-3H3. The summed E-state index contributed by atoms with van der Waals surface area (Å²) in [6.45, 7) is 4.43. The minimum absolute atomic E-state index is 0.331. The van der Waals surface area contributed by atoms with Gasteiger partial charge >= 0.3 is 0 Å². The first-order valence-electron chi connectivity index (χ1n) is 7.50. The van der Waals surface area contributed by atoms with Gasteiger partial charge in [0.2, 0.25) is 0 Å². The predicted octanol–water partition coefficient (Wildman–Crippen LogP) is 3.02. The average molecular weight is 308 g/mol. The van der Waals surface area contributed by atoms with Crippen LogP contribution in [0, 0.1) is 13.8 Å². The van der Waals surface area contributed by atoms with E-state index >= 15 is 0 Å². The van der Waals surface area contributed by atoms with Crippen molar-refractivity contribution < 1.29 is 4.74 Å². The van der Waals surface area contributed by atoms with E-state index in [1.165, 1.54) is 5.56 Å². The van der Waals surface area contributed by atoms with Gasteiger partial charge in [-0.05, 0) is 31.5 Å². The molecule has 0 fully saturated rings. The number of hydrogen-bond donors (Lipinski definition) is 1. The summed E-state index contributed by atoms with van der Waals surface area (Å²) in [6, 6.07) is 14.2. The summed E-state index contributed by atoms with van der Waals surface area (Å²) in [6.07, 6.45) is 0. The molecule has 0 bridgehead atoms. The van der Waals surface area contributed by atoms with E-state index < -0.39 is 0 Å². The molecule has 0 unspecified atom stereocenters. The van der Waals surface area contributed by atoms with Gasteiger partial charge in [-0.2, -0.15) is 0 Å². The van der Waals surface area contributed by atoms with Crippen LogP contribution in [-0.2, 0) is 6.54 Å². The van der Waals surface area contributed by atoms with Crippen LogP contribution in [0.15, 0.2) is 42.5 Å². The second kappa shape index (κ2) is 6.22. The monoisotopic (exact) mass is 308 g/mol. The Morgan fingerprint density at radius 2 is 1.74 bits per heavy atom. The van der Waals surface area contributed by atoms with Gasteiger partial charge in [-0.3, -0.25) is 0 Å². The summed E-state index contributed by atoms with van der Waals surface area (Å²) in [5.74, 6) is 0.748. The molecule has 0 radical (unpaired) electrons. The molecule has 2 N–H and O–H groups in total. The molecule has 3 aromatic rings. The lowest BCUT2D eigenvalue weighted by Crippen LogP contribution is -2.04. The lowest BCUT2D eigenvalue weighted by Gasteiger charge is -2.12. The van der Waals surface area contributed by atoms with Crippen LogP contribution in [-0.4, -0.2) is 22.1 Å². The topological polar surface area (TPSA) is 66.0 Å². The van der Waals surface area contributed by atoms with Crippen molar-refractivity contribution in [1.29, 1.82) is 0 Å². The molecule has 0 saturated carbocycles. The van der Waals surface area contributed by atoms with Crippen LogP contribution in [0.4, 0.5) is 0 Å². The summed E-state index contributed by atoms with van der Waals surface area (Å²) in [4.78, 5) is 0. The highest BCUT2D eigenvalue weighted by molar-refractivity contribution is 5.66. The molecule has 0 saturated heterocycles. The van der Waals surface area contributed by atoms with Gasteiger partial charge in [-0.1, -0.05) is 41.1 Å². The van der Waals surface area contributed by atoms with E-state index in [0.717, 1.165) is 34.0 Å². The quantitative estimate of drug-likeness (QED) is 0.804. The molecular weight excluding hydrogens is 288 g/mol. The third-order valence-electron chi connectivity index (χ3n) is 3.82. The lowest BCUT2D eigenvalue weighted by molar-refractivity contribution is 0.411. The predicted molar refractivity (Wildman–Crippen MR) is 90.7 cm³/mol. The Morgan fingerprint density at radius 3 is 2.39 bits per heavy atom. The van der Waals surface area contributed by atoms with Crippen molar-refractivity contribution in [1.82, 2.24) is 15.0 Å². The van der Waals surface area contributed by atoms with Crippen molar-refractivity contribution >= 4 is 0 Å². The zero-order valence-corrected chi connectivity index (χ0v) is 13.6. The maximum atomic E-state index is 5.86. The van der Waals surface area contributed by atoms with Crippen LogP contribution < -0.4 is 10.5 Å². The molecule has 0 aliphatic heterocycles. The molecule has 0 atom stereocenters. The highest BCUT2D eigenvalue weighted by atomic mass is 16.5. The van der Waals surface area contributed by atoms with Gasteiger partial charge in [0.25, 0.3) is 0 Å². The molecule has 118 valence electrons. The largest absolute Gasteiger partial charge is 0.494 e. The molecule has 1 heterocycles. The molecule has 0 aliphatic carbocycles. The maximum absolute atomic E-state index is 5.86. The number of benzene rings is 2. The molecule has 3 rings (SSSR count). The first-order chi connectivity index (χ1) is 11.1. The highest BCUT2D eigenvalue weighted by Gasteiger charge is 2.18. The van der Waals surface area contributed by atoms with Crippen molar-refractivity contribution in [3.05, 3.63) is 59.3 Å². The minimum Gasteiger partial charge on any atom is -0.494 e. The first-order valence-corrected chi connectivity index (χ1v) is 7.50. The van der Waals surface area contributed by atoms with Crippen LogP contribution in [0.3, 0.4) is 0 Å². The van der Waals surface area contributed by atoms with Gasteiger partial charge in [0.05, 0.1) is 12.8 Å². The summed E-state index contributed by atoms with van der Waals surface area (Å²) in [5, 5.41) is 8.56. The molecule has 0 aliphatic rings. The molecule has 1 aromatic heterocycles. The molecule has 5 heteroatoms. The summed E-state index contributed by atoms with van der Waals surface area (Å²) in [5.41, 5.74) is 11.7. The Morgan fingerprint density at radius 1 is 1.04 bits per heavy atom. The van der Waals surface area contributed by atoms with Gasteiger partial charge in [0.15, 0.2) is 0 Å². The smallest absolute Gasteiger partial charge is 0.144 e. The van der Waals surface area contributed by atoms with Crippen molar-refractivity contribution in [3.63, 3.8) is 0 Å². The van der Waals surface area contributed by atoms with E-state index in [0.29, 0.717) is 6.54 Å². The Kier molecular flexibility index (Phi) is 4.12. The SMILES string of the molecule is COc1ccc(C)cc1-n1nnc(CN)c1-c1ccc(C)cc1.